The average Bonchev–Trinajstić information content (AvgIpc) is 2.23. The number of oxime groups is 1. The highest BCUT2D eigenvalue weighted by atomic mass is 16.4. The van der Waals surface area contributed by atoms with E-state index in [-0.39, 0.29) is 0 Å². The van der Waals surface area contributed by atoms with Crippen LogP contribution < -0.4 is 0 Å². The lowest BCUT2D eigenvalue weighted by atomic mass is 10.0. The van der Waals surface area contributed by atoms with Gasteiger partial charge in [0.25, 0.3) is 0 Å². The number of rotatable bonds is 3. The van der Waals surface area contributed by atoms with E-state index in [2.05, 4.69) is 10.1 Å². The summed E-state index contributed by atoms with van der Waals surface area (Å²) in [6.07, 6.45) is 6.28. The zero-order valence-corrected chi connectivity index (χ0v) is 9.36. The third kappa shape index (κ3) is 2.91. The van der Waals surface area contributed by atoms with Crippen LogP contribution in [0.15, 0.2) is 29.2 Å². The lowest BCUT2D eigenvalue weighted by Gasteiger charge is -2.03. The molecule has 0 saturated heterocycles. The summed E-state index contributed by atoms with van der Waals surface area (Å²) >= 11 is 0. The summed E-state index contributed by atoms with van der Waals surface area (Å²) in [5, 5.41) is 12.0. The van der Waals surface area contributed by atoms with E-state index in [4.69, 9.17) is 5.21 Å². The molecule has 80 valence electrons. The van der Waals surface area contributed by atoms with E-state index in [1.54, 1.807) is 6.20 Å². The number of aryl methyl sites for hydroxylation is 1. The molecule has 0 atom stereocenters. The molecule has 0 spiro atoms. The van der Waals surface area contributed by atoms with E-state index < -0.39 is 0 Å². The summed E-state index contributed by atoms with van der Waals surface area (Å²) in [4.78, 5) is 4.06. The Hall–Kier alpha value is -1.64. The highest BCUT2D eigenvalue weighted by Crippen LogP contribution is 2.12. The van der Waals surface area contributed by atoms with Crippen molar-refractivity contribution in [3.63, 3.8) is 0 Å². The molecule has 0 aliphatic heterocycles. The first-order valence-corrected chi connectivity index (χ1v) is 4.99. The summed E-state index contributed by atoms with van der Waals surface area (Å²) < 4.78 is 0. The van der Waals surface area contributed by atoms with Crippen LogP contribution in [-0.2, 0) is 0 Å². The Labute approximate surface area is 90.2 Å². The molecule has 0 fully saturated rings. The first-order chi connectivity index (χ1) is 7.19. The predicted octanol–water partition coefficient (Wildman–Crippen LogP) is 3.03. The molecule has 1 rings (SSSR count). The molecule has 3 nitrogen and oxygen atoms in total. The number of aromatic nitrogens is 1. The van der Waals surface area contributed by atoms with Crippen molar-refractivity contribution in [3.8, 4) is 0 Å². The fourth-order valence-electron chi connectivity index (χ4n) is 1.37. The van der Waals surface area contributed by atoms with Crippen molar-refractivity contribution in [2.45, 2.75) is 27.2 Å². The van der Waals surface area contributed by atoms with E-state index in [9.17, 15) is 0 Å². The minimum Gasteiger partial charge on any atom is -0.411 e. The molecular formula is C12H16N2O. The van der Waals surface area contributed by atoms with Gasteiger partial charge in [-0.2, -0.15) is 0 Å². The van der Waals surface area contributed by atoms with Crippen molar-refractivity contribution >= 4 is 11.8 Å². The van der Waals surface area contributed by atoms with E-state index in [0.717, 1.165) is 23.1 Å². The van der Waals surface area contributed by atoms with E-state index >= 15 is 0 Å². The van der Waals surface area contributed by atoms with Gasteiger partial charge < -0.3 is 5.21 Å². The molecule has 1 heterocycles. The topological polar surface area (TPSA) is 45.5 Å². The first kappa shape index (κ1) is 11.4. The van der Waals surface area contributed by atoms with Gasteiger partial charge >= 0.3 is 0 Å². The summed E-state index contributed by atoms with van der Waals surface area (Å²) in [6, 6.07) is 1.96. The van der Waals surface area contributed by atoms with Crippen LogP contribution in [0, 0.1) is 6.92 Å². The summed E-state index contributed by atoms with van der Waals surface area (Å²) in [5.74, 6) is 0. The van der Waals surface area contributed by atoms with Gasteiger partial charge in [-0.1, -0.05) is 12.1 Å². The highest BCUT2D eigenvalue weighted by molar-refractivity contribution is 6.02. The standard InChI is InChI=1S/C12H16N2O/c1-4-12(14-15)10(3)7-11-8-13-6-5-9(11)2/h5-8,15H,4H2,1-3H3/b10-7+,14-12?. The second-order valence-electron chi connectivity index (χ2n) is 3.46. The van der Waals surface area contributed by atoms with Crippen molar-refractivity contribution in [2.24, 2.45) is 5.16 Å². The lowest BCUT2D eigenvalue weighted by molar-refractivity contribution is 0.318. The second kappa shape index (κ2) is 5.29. The van der Waals surface area contributed by atoms with Crippen LogP contribution in [0.1, 0.15) is 31.4 Å². The molecular weight excluding hydrogens is 188 g/mol. The molecule has 0 bridgehead atoms. The van der Waals surface area contributed by atoms with Gasteiger partial charge in [0.15, 0.2) is 0 Å². The van der Waals surface area contributed by atoms with Crippen LogP contribution >= 0.6 is 0 Å². The number of hydrogen-bond donors (Lipinski definition) is 1. The van der Waals surface area contributed by atoms with Gasteiger partial charge in [0.05, 0.1) is 5.71 Å². The third-order valence-corrected chi connectivity index (χ3v) is 2.36. The molecule has 1 aromatic heterocycles. The van der Waals surface area contributed by atoms with E-state index in [1.165, 1.54) is 0 Å². The van der Waals surface area contributed by atoms with Gasteiger partial charge in [-0.25, -0.2) is 0 Å². The normalized spacial score (nSPS) is 13.0. The molecule has 0 radical (unpaired) electrons. The van der Waals surface area contributed by atoms with Crippen molar-refractivity contribution in [3.05, 3.63) is 35.2 Å². The maximum atomic E-state index is 8.78. The van der Waals surface area contributed by atoms with Gasteiger partial charge in [-0.3, -0.25) is 4.98 Å². The van der Waals surface area contributed by atoms with Gasteiger partial charge in [0.1, 0.15) is 0 Å². The van der Waals surface area contributed by atoms with Crippen LogP contribution in [-0.4, -0.2) is 15.9 Å². The van der Waals surface area contributed by atoms with Crippen LogP contribution in [0.25, 0.3) is 6.08 Å². The zero-order chi connectivity index (χ0) is 11.3. The molecule has 0 aromatic carbocycles. The molecule has 1 aromatic rings. The fourth-order valence-corrected chi connectivity index (χ4v) is 1.37. The van der Waals surface area contributed by atoms with Gasteiger partial charge in [0, 0.05) is 12.4 Å². The second-order valence-corrected chi connectivity index (χ2v) is 3.46. The van der Waals surface area contributed by atoms with Crippen LogP contribution in [0.3, 0.4) is 0 Å². The van der Waals surface area contributed by atoms with Crippen molar-refractivity contribution in [1.29, 1.82) is 0 Å². The Balaban J connectivity index is 3.02. The third-order valence-electron chi connectivity index (χ3n) is 2.36. The van der Waals surface area contributed by atoms with Crippen LogP contribution in [0.5, 0.6) is 0 Å². The number of hydrogen-bond acceptors (Lipinski definition) is 3. The Morgan fingerprint density at radius 2 is 2.33 bits per heavy atom. The average molecular weight is 204 g/mol. The quantitative estimate of drug-likeness (QED) is 0.467. The largest absolute Gasteiger partial charge is 0.411 e. The molecule has 0 unspecified atom stereocenters. The minimum atomic E-state index is 0.707. The Kier molecular flexibility index (Phi) is 4.03. The number of pyridine rings is 1. The smallest absolute Gasteiger partial charge is 0.0822 e. The van der Waals surface area contributed by atoms with Crippen molar-refractivity contribution < 1.29 is 5.21 Å². The molecule has 0 amide bonds. The minimum absolute atomic E-state index is 0.707. The van der Waals surface area contributed by atoms with Gasteiger partial charge in [0.2, 0.25) is 0 Å². The van der Waals surface area contributed by atoms with Gasteiger partial charge in [-0.05, 0) is 49.1 Å². The Morgan fingerprint density at radius 1 is 1.60 bits per heavy atom. The lowest BCUT2D eigenvalue weighted by Crippen LogP contribution is -1.98. The van der Waals surface area contributed by atoms with Gasteiger partial charge in [-0.15, -0.1) is 0 Å². The predicted molar refractivity (Wildman–Crippen MR) is 62.1 cm³/mol. The molecule has 0 aliphatic carbocycles. The summed E-state index contributed by atoms with van der Waals surface area (Å²) in [5.41, 5.74) is 3.90. The molecule has 15 heavy (non-hydrogen) atoms. The van der Waals surface area contributed by atoms with Crippen molar-refractivity contribution in [2.75, 3.05) is 0 Å². The fraction of sp³-hybridized carbons (Fsp3) is 0.333. The molecule has 0 saturated carbocycles. The van der Waals surface area contributed by atoms with Crippen molar-refractivity contribution in [1.82, 2.24) is 4.98 Å². The Morgan fingerprint density at radius 3 is 2.87 bits per heavy atom. The maximum Gasteiger partial charge on any atom is 0.0822 e. The number of allylic oxidation sites excluding steroid dienone is 1. The highest BCUT2D eigenvalue weighted by Gasteiger charge is 2.01. The van der Waals surface area contributed by atoms with E-state index in [1.807, 2.05) is 39.1 Å². The monoisotopic (exact) mass is 204 g/mol. The molecule has 3 heteroatoms. The van der Waals surface area contributed by atoms with E-state index in [0.29, 0.717) is 5.71 Å². The molecule has 0 aliphatic rings. The summed E-state index contributed by atoms with van der Waals surface area (Å²) in [6.45, 7) is 5.93. The zero-order valence-electron chi connectivity index (χ0n) is 9.36. The van der Waals surface area contributed by atoms with Crippen LogP contribution in [0.2, 0.25) is 0 Å². The first-order valence-electron chi connectivity index (χ1n) is 4.99. The SMILES string of the molecule is CCC(=NO)/C(C)=C/c1cnccc1C. The molecule has 1 N–H and O–H groups in total. The summed E-state index contributed by atoms with van der Waals surface area (Å²) in [7, 11) is 0. The Bertz CT molecular complexity index is 394. The number of nitrogens with zero attached hydrogens (tertiary/aromatic N) is 2. The van der Waals surface area contributed by atoms with Crippen LogP contribution in [0.4, 0.5) is 0 Å². The maximum absolute atomic E-state index is 8.78.